The largest absolute Gasteiger partial charge is 0.337 e. The Morgan fingerprint density at radius 1 is 1.10 bits per heavy atom. The molecule has 0 bridgehead atoms. The summed E-state index contributed by atoms with van der Waals surface area (Å²) >= 11 is 0. The van der Waals surface area contributed by atoms with Gasteiger partial charge in [0.1, 0.15) is 17.5 Å². The molecule has 40 heavy (non-hydrogen) atoms. The lowest BCUT2D eigenvalue weighted by Crippen LogP contribution is -2.32. The number of imidazole rings is 1. The summed E-state index contributed by atoms with van der Waals surface area (Å²) in [6.07, 6.45) is 4.87. The van der Waals surface area contributed by atoms with Crippen LogP contribution in [0, 0.1) is 11.6 Å². The first-order valence-electron chi connectivity index (χ1n) is 13.0. The molecule has 1 aromatic heterocycles. The van der Waals surface area contributed by atoms with Crippen molar-refractivity contribution >= 4 is 21.6 Å². The molecule has 1 N–H and O–H groups in total. The van der Waals surface area contributed by atoms with Crippen molar-refractivity contribution in [2.24, 2.45) is 7.05 Å². The van der Waals surface area contributed by atoms with E-state index in [1.807, 2.05) is 36.7 Å². The Hall–Kier alpha value is -3.89. The number of halogens is 2. The molecule has 1 heterocycles. The Labute approximate surface area is 232 Å². The number of hydrogen-bond acceptors (Lipinski definition) is 4. The van der Waals surface area contributed by atoms with E-state index in [9.17, 15) is 22.0 Å². The molecule has 3 aromatic carbocycles. The van der Waals surface area contributed by atoms with Gasteiger partial charge in [-0.1, -0.05) is 31.2 Å². The number of carbonyl (C=O) groups excluding carboxylic acids is 1. The van der Waals surface area contributed by atoms with Gasteiger partial charge < -0.3 is 9.47 Å². The van der Waals surface area contributed by atoms with E-state index in [4.69, 9.17) is 0 Å². The summed E-state index contributed by atoms with van der Waals surface area (Å²) in [6.45, 7) is 2.14. The summed E-state index contributed by atoms with van der Waals surface area (Å²) in [5, 5.41) is 0. The molecule has 7 nitrogen and oxygen atoms in total. The Morgan fingerprint density at radius 2 is 1.88 bits per heavy atom. The fourth-order valence-corrected chi connectivity index (χ4v) is 6.35. The van der Waals surface area contributed by atoms with Crippen LogP contribution in [0.5, 0.6) is 0 Å². The number of aryl methyl sites for hydroxylation is 2. The Bertz CT molecular complexity index is 1640. The lowest BCUT2D eigenvalue weighted by molar-refractivity contribution is -0.119. The highest BCUT2D eigenvalue weighted by Gasteiger charge is 2.30. The van der Waals surface area contributed by atoms with Crippen molar-refractivity contribution in [2.75, 3.05) is 4.90 Å². The quantitative estimate of drug-likeness (QED) is 0.296. The molecule has 1 aliphatic carbocycles. The number of sulfonamides is 1. The molecule has 1 amide bonds. The Kier molecular flexibility index (Phi) is 7.82. The lowest BCUT2D eigenvalue weighted by Gasteiger charge is -2.26. The Morgan fingerprint density at radius 3 is 2.58 bits per heavy atom. The molecule has 1 aliphatic rings. The third kappa shape index (κ3) is 5.97. The zero-order valence-electron chi connectivity index (χ0n) is 22.2. The fourth-order valence-electron chi connectivity index (χ4n) is 5.06. The van der Waals surface area contributed by atoms with Gasteiger partial charge in [0.25, 0.3) is 0 Å². The highest BCUT2D eigenvalue weighted by atomic mass is 32.2. The zero-order valence-corrected chi connectivity index (χ0v) is 23.0. The molecule has 0 spiro atoms. The second kappa shape index (κ2) is 11.3. The van der Waals surface area contributed by atoms with Crippen LogP contribution in [0.2, 0.25) is 0 Å². The topological polar surface area (TPSA) is 84.3 Å². The molecule has 0 aliphatic heterocycles. The molecule has 10 heteroatoms. The lowest BCUT2D eigenvalue weighted by atomic mass is 9.97. The first kappa shape index (κ1) is 27.7. The summed E-state index contributed by atoms with van der Waals surface area (Å²) in [5.41, 5.74) is 3.24. The van der Waals surface area contributed by atoms with Crippen LogP contribution in [-0.4, -0.2) is 23.9 Å². The maximum atomic E-state index is 13.7. The average Bonchev–Trinajstić information content (AvgIpc) is 3.52. The SMILES string of the molecule is C[C@@H](CC(=O)N(Cc1nccn1C)c1ccc2c(c1)[C@H](NS(=O)(=O)c1cccc(F)c1)CC2)c1ccc(F)cc1. The van der Waals surface area contributed by atoms with Gasteiger partial charge in [0.2, 0.25) is 15.9 Å². The number of aromatic nitrogens is 2. The van der Waals surface area contributed by atoms with Crippen LogP contribution in [0.1, 0.15) is 54.2 Å². The molecule has 0 saturated carbocycles. The van der Waals surface area contributed by atoms with Crippen LogP contribution in [-0.2, 0) is 34.8 Å². The molecule has 0 unspecified atom stereocenters. The normalized spacial score (nSPS) is 15.6. The number of amides is 1. The summed E-state index contributed by atoms with van der Waals surface area (Å²) in [7, 11) is -2.11. The molecule has 0 fully saturated rings. The van der Waals surface area contributed by atoms with Crippen LogP contribution in [0.3, 0.4) is 0 Å². The molecule has 0 radical (unpaired) electrons. The van der Waals surface area contributed by atoms with Gasteiger partial charge in [0, 0.05) is 37.6 Å². The van der Waals surface area contributed by atoms with E-state index in [2.05, 4.69) is 9.71 Å². The molecule has 5 rings (SSSR count). The molecule has 4 aromatic rings. The van der Waals surface area contributed by atoms with Crippen LogP contribution >= 0.6 is 0 Å². The van der Waals surface area contributed by atoms with E-state index in [1.54, 1.807) is 29.4 Å². The number of carbonyl (C=O) groups is 1. The maximum absolute atomic E-state index is 13.7. The number of anilines is 1. The van der Waals surface area contributed by atoms with Crippen molar-refractivity contribution < 1.29 is 22.0 Å². The van der Waals surface area contributed by atoms with Crippen molar-refractivity contribution in [3.05, 3.63) is 113 Å². The number of hydrogen-bond donors (Lipinski definition) is 1. The minimum absolute atomic E-state index is 0.140. The highest BCUT2D eigenvalue weighted by Crippen LogP contribution is 2.36. The first-order valence-corrected chi connectivity index (χ1v) is 14.5. The van der Waals surface area contributed by atoms with Gasteiger partial charge in [-0.05, 0) is 77.9 Å². The summed E-state index contributed by atoms with van der Waals surface area (Å²) in [6, 6.07) is 16.1. The maximum Gasteiger partial charge on any atom is 0.241 e. The van der Waals surface area contributed by atoms with Gasteiger partial charge in [0.05, 0.1) is 11.4 Å². The van der Waals surface area contributed by atoms with Crippen molar-refractivity contribution in [1.29, 1.82) is 0 Å². The van der Waals surface area contributed by atoms with Crippen molar-refractivity contribution in [1.82, 2.24) is 14.3 Å². The van der Waals surface area contributed by atoms with Gasteiger partial charge in [-0.2, -0.15) is 0 Å². The van der Waals surface area contributed by atoms with Crippen LogP contribution in [0.25, 0.3) is 0 Å². The predicted molar refractivity (Wildman–Crippen MR) is 148 cm³/mol. The molecular formula is C30H30F2N4O3S. The van der Waals surface area contributed by atoms with E-state index in [0.29, 0.717) is 24.4 Å². The standard InChI is InChI=1S/C30H30F2N4O3S/c1-20(21-6-10-23(31)11-7-21)16-30(37)36(19-29-33-14-15-35(29)2)25-12-8-22-9-13-28(27(22)18-25)34-40(38,39)26-5-3-4-24(32)17-26/h3-8,10-12,14-15,17-18,20,28,34H,9,13,16,19H2,1-2H3/t20-,28+/m0/s1. The predicted octanol–water partition coefficient (Wildman–Crippen LogP) is 5.39. The van der Waals surface area contributed by atoms with Gasteiger partial charge in [-0.15, -0.1) is 0 Å². The number of nitrogens with zero attached hydrogens (tertiary/aromatic N) is 3. The smallest absolute Gasteiger partial charge is 0.241 e. The number of nitrogens with one attached hydrogen (secondary N) is 1. The third-order valence-corrected chi connectivity index (χ3v) is 8.83. The van der Waals surface area contributed by atoms with E-state index in [0.717, 1.165) is 22.8 Å². The highest BCUT2D eigenvalue weighted by molar-refractivity contribution is 7.89. The van der Waals surface area contributed by atoms with E-state index < -0.39 is 21.9 Å². The number of benzene rings is 3. The number of fused-ring (bicyclic) bond motifs is 1. The summed E-state index contributed by atoms with van der Waals surface area (Å²) in [4.78, 5) is 19.6. The summed E-state index contributed by atoms with van der Waals surface area (Å²) < 4.78 is 57.8. The minimum Gasteiger partial charge on any atom is -0.337 e. The zero-order chi connectivity index (χ0) is 28.4. The molecule has 0 saturated heterocycles. The molecular weight excluding hydrogens is 534 g/mol. The average molecular weight is 565 g/mol. The fraction of sp³-hybridized carbons (Fsp3) is 0.267. The molecule has 2 atom stereocenters. The van der Waals surface area contributed by atoms with Crippen molar-refractivity contribution in [3.8, 4) is 0 Å². The summed E-state index contributed by atoms with van der Waals surface area (Å²) in [5.74, 6) is -0.576. The van der Waals surface area contributed by atoms with E-state index in [-0.39, 0.29) is 35.5 Å². The van der Waals surface area contributed by atoms with Gasteiger partial charge in [0.15, 0.2) is 0 Å². The van der Waals surface area contributed by atoms with E-state index >= 15 is 0 Å². The van der Waals surface area contributed by atoms with Crippen LogP contribution in [0.15, 0.2) is 84.0 Å². The molecule has 208 valence electrons. The Balaban J connectivity index is 1.43. The van der Waals surface area contributed by atoms with Gasteiger partial charge in [-0.3, -0.25) is 4.79 Å². The third-order valence-electron chi connectivity index (χ3n) is 7.36. The van der Waals surface area contributed by atoms with E-state index in [1.165, 1.54) is 30.3 Å². The van der Waals surface area contributed by atoms with Crippen LogP contribution < -0.4 is 9.62 Å². The first-order chi connectivity index (χ1) is 19.1. The number of rotatable bonds is 9. The van der Waals surface area contributed by atoms with Crippen LogP contribution in [0.4, 0.5) is 14.5 Å². The second-order valence-corrected chi connectivity index (χ2v) is 11.9. The van der Waals surface area contributed by atoms with Gasteiger partial charge >= 0.3 is 0 Å². The second-order valence-electron chi connectivity index (χ2n) is 10.1. The van der Waals surface area contributed by atoms with Gasteiger partial charge in [-0.25, -0.2) is 26.9 Å². The van der Waals surface area contributed by atoms with Crippen molar-refractivity contribution in [3.63, 3.8) is 0 Å². The minimum atomic E-state index is -3.97. The van der Waals surface area contributed by atoms with Crippen molar-refractivity contribution in [2.45, 2.75) is 49.6 Å². The monoisotopic (exact) mass is 564 g/mol.